The van der Waals surface area contributed by atoms with E-state index in [2.05, 4.69) is 30.9 Å². The van der Waals surface area contributed by atoms with Crippen molar-refractivity contribution in [3.8, 4) is 11.4 Å². The highest BCUT2D eigenvalue weighted by atomic mass is 35.5. The van der Waals surface area contributed by atoms with Gasteiger partial charge in [0.15, 0.2) is 0 Å². The third-order valence-corrected chi connectivity index (χ3v) is 6.79. The second-order valence-electron chi connectivity index (χ2n) is 9.16. The quantitative estimate of drug-likeness (QED) is 0.123. The minimum absolute atomic E-state index is 0.119. The van der Waals surface area contributed by atoms with Crippen LogP contribution in [0, 0.1) is 0 Å². The van der Waals surface area contributed by atoms with Crippen molar-refractivity contribution in [3.63, 3.8) is 0 Å². The number of aliphatic hydroxyl groups is 1. The van der Waals surface area contributed by atoms with Crippen molar-refractivity contribution < 1.29 is 14.7 Å². The van der Waals surface area contributed by atoms with Crippen LogP contribution in [0.15, 0.2) is 53.5 Å². The Balaban J connectivity index is 1.38. The summed E-state index contributed by atoms with van der Waals surface area (Å²) in [4.78, 5) is 50.3. The lowest BCUT2D eigenvalue weighted by Gasteiger charge is -2.15. The van der Waals surface area contributed by atoms with Gasteiger partial charge in [0.25, 0.3) is 17.4 Å². The average Bonchev–Trinajstić information content (AvgIpc) is 3.44. The van der Waals surface area contributed by atoms with Crippen molar-refractivity contribution in [1.29, 1.82) is 0 Å². The number of fused-ring (bicyclic) bond motifs is 2. The van der Waals surface area contributed by atoms with Crippen LogP contribution in [-0.2, 0) is 0 Å². The molecule has 4 aromatic rings. The molecule has 0 radical (unpaired) electrons. The summed E-state index contributed by atoms with van der Waals surface area (Å²) < 4.78 is 0. The van der Waals surface area contributed by atoms with Crippen molar-refractivity contribution in [2.75, 3.05) is 45.1 Å². The minimum atomic E-state index is -0.868. The lowest BCUT2D eigenvalue weighted by atomic mass is 10.1. The third kappa shape index (κ3) is 5.43. The lowest BCUT2D eigenvalue weighted by Crippen LogP contribution is -2.37. The number of imide groups is 1. The molecule has 0 saturated heterocycles. The van der Waals surface area contributed by atoms with Gasteiger partial charge >= 0.3 is 0 Å². The summed E-state index contributed by atoms with van der Waals surface area (Å²) in [5, 5.41) is 20.4. The number of carbonyl (C=O) groups is 2. The molecule has 1 aliphatic rings. The van der Waals surface area contributed by atoms with Gasteiger partial charge in [0.2, 0.25) is 0 Å². The SMILES string of the molecule is CNCCNCCN1C(=O)c2cc3nc(-c4c(NC[C@@H](O)c5cccc(Cl)c5)cc[nH]c4=O)[nH]c3cc2C1=O. The van der Waals surface area contributed by atoms with Crippen molar-refractivity contribution in [1.82, 2.24) is 30.5 Å². The Hall–Kier alpha value is -4.03. The third-order valence-electron chi connectivity index (χ3n) is 6.55. The van der Waals surface area contributed by atoms with Crippen LogP contribution >= 0.6 is 11.6 Å². The smallest absolute Gasteiger partial charge is 0.261 e. The number of hydrogen-bond acceptors (Lipinski definition) is 8. The first-order valence-corrected chi connectivity index (χ1v) is 12.9. The highest BCUT2D eigenvalue weighted by molar-refractivity contribution is 6.30. The highest BCUT2D eigenvalue weighted by Crippen LogP contribution is 2.30. The number of nitrogens with one attached hydrogen (secondary N) is 5. The van der Waals surface area contributed by atoms with Gasteiger partial charge in [-0.15, -0.1) is 0 Å². The van der Waals surface area contributed by atoms with Crippen LogP contribution in [0.2, 0.25) is 5.02 Å². The molecule has 1 atom stereocenters. The van der Waals surface area contributed by atoms with Crippen molar-refractivity contribution in [2.24, 2.45) is 0 Å². The molecule has 6 N–H and O–H groups in total. The lowest BCUT2D eigenvalue weighted by molar-refractivity contribution is 0.0655. The topological polar surface area (TPSA) is 155 Å². The molecule has 39 heavy (non-hydrogen) atoms. The molecule has 0 spiro atoms. The Morgan fingerprint density at radius 1 is 1.05 bits per heavy atom. The molecule has 0 bridgehead atoms. The number of aromatic amines is 2. The molecule has 12 heteroatoms. The highest BCUT2D eigenvalue weighted by Gasteiger charge is 2.36. The summed E-state index contributed by atoms with van der Waals surface area (Å²) in [7, 11) is 1.85. The van der Waals surface area contributed by atoms with Crippen LogP contribution in [0.4, 0.5) is 5.69 Å². The van der Waals surface area contributed by atoms with Crippen LogP contribution in [0.25, 0.3) is 22.4 Å². The molecule has 2 amide bonds. The number of carbonyl (C=O) groups excluding carboxylic acids is 2. The Morgan fingerprint density at radius 3 is 2.62 bits per heavy atom. The van der Waals surface area contributed by atoms with Gasteiger partial charge in [-0.05, 0) is 42.9 Å². The fraction of sp³-hybridized carbons (Fsp3) is 0.259. The zero-order chi connectivity index (χ0) is 27.5. The minimum Gasteiger partial charge on any atom is -0.387 e. The number of rotatable bonds is 11. The standard InChI is InChI=1S/C27H28ClN7O4/c1-29-7-8-30-9-10-35-26(38)17-12-20-21(13-18(17)27(35)39)34-24(33-20)23-19(5-6-31-25(23)37)32-14-22(36)15-3-2-4-16(28)11-15/h2-6,11-13,22,29-30,36H,7-10,14H2,1H3,(H,33,34)(H2,31,32,37)/t22-/m1/s1. The molecule has 3 heterocycles. The van der Waals surface area contributed by atoms with Crippen LogP contribution < -0.4 is 21.5 Å². The molecule has 2 aromatic heterocycles. The molecule has 0 unspecified atom stereocenters. The van der Waals surface area contributed by atoms with Crippen LogP contribution in [0.1, 0.15) is 32.4 Å². The molecular formula is C27H28ClN7O4. The van der Waals surface area contributed by atoms with Crippen LogP contribution in [0.3, 0.4) is 0 Å². The first-order chi connectivity index (χ1) is 18.9. The average molecular weight is 550 g/mol. The summed E-state index contributed by atoms with van der Waals surface area (Å²) in [5.74, 6) is -0.467. The first-order valence-electron chi connectivity index (χ1n) is 12.5. The number of pyridine rings is 1. The van der Waals surface area contributed by atoms with E-state index in [0.717, 1.165) is 13.1 Å². The number of nitrogens with zero attached hydrogens (tertiary/aromatic N) is 2. The van der Waals surface area contributed by atoms with E-state index in [1.165, 1.54) is 11.1 Å². The summed E-state index contributed by atoms with van der Waals surface area (Å²) in [6, 6.07) is 11.8. The molecule has 5 rings (SSSR count). The fourth-order valence-corrected chi connectivity index (χ4v) is 4.74. The molecular weight excluding hydrogens is 522 g/mol. The van der Waals surface area contributed by atoms with Gasteiger partial charge in [-0.2, -0.15) is 0 Å². The largest absolute Gasteiger partial charge is 0.387 e. The second-order valence-corrected chi connectivity index (χ2v) is 9.60. The van der Waals surface area contributed by atoms with Gasteiger partial charge in [-0.25, -0.2) is 4.98 Å². The number of aliphatic hydroxyl groups excluding tert-OH is 1. The number of halogens is 1. The van der Waals surface area contributed by atoms with Gasteiger partial charge in [0.05, 0.1) is 34.0 Å². The number of imidazole rings is 1. The summed E-state index contributed by atoms with van der Waals surface area (Å²) in [6.07, 6.45) is 0.629. The van der Waals surface area contributed by atoms with Gasteiger partial charge in [-0.3, -0.25) is 19.3 Å². The second kappa shape index (κ2) is 11.4. The normalized spacial score (nSPS) is 13.8. The molecule has 202 valence electrons. The number of anilines is 1. The van der Waals surface area contributed by atoms with Crippen molar-refractivity contribution >= 4 is 40.1 Å². The molecule has 2 aromatic carbocycles. The number of hydrogen-bond donors (Lipinski definition) is 6. The van der Waals surface area contributed by atoms with Crippen molar-refractivity contribution in [3.05, 3.63) is 80.7 Å². The summed E-state index contributed by atoms with van der Waals surface area (Å²) in [6.45, 7) is 2.38. The predicted molar refractivity (Wildman–Crippen MR) is 149 cm³/mol. The Bertz CT molecular complexity index is 1550. The molecule has 0 aliphatic carbocycles. The van der Waals surface area contributed by atoms with Crippen molar-refractivity contribution in [2.45, 2.75) is 6.10 Å². The summed E-state index contributed by atoms with van der Waals surface area (Å²) >= 11 is 6.03. The molecule has 0 fully saturated rings. The van der Waals surface area contributed by atoms with E-state index < -0.39 is 11.7 Å². The first kappa shape index (κ1) is 26.6. The number of H-pyrrole nitrogens is 2. The maximum Gasteiger partial charge on any atom is 0.261 e. The number of benzene rings is 2. The van der Waals surface area contributed by atoms with Gasteiger partial charge in [0, 0.05) is 43.9 Å². The Labute approximate surface area is 228 Å². The van der Waals surface area contributed by atoms with E-state index in [1.807, 2.05) is 7.05 Å². The number of amides is 2. The number of aromatic nitrogens is 3. The molecule has 1 aliphatic heterocycles. The van der Waals surface area contributed by atoms with E-state index in [0.29, 0.717) is 39.4 Å². The van der Waals surface area contributed by atoms with Gasteiger partial charge in [0.1, 0.15) is 11.4 Å². The van der Waals surface area contributed by atoms with Gasteiger partial charge < -0.3 is 31.0 Å². The zero-order valence-corrected chi connectivity index (χ0v) is 21.9. The van der Waals surface area contributed by atoms with Gasteiger partial charge in [-0.1, -0.05) is 23.7 Å². The van der Waals surface area contributed by atoms with E-state index in [9.17, 15) is 19.5 Å². The van der Waals surface area contributed by atoms with E-state index in [1.54, 1.807) is 42.5 Å². The van der Waals surface area contributed by atoms with Crippen LogP contribution in [0.5, 0.6) is 0 Å². The molecule has 11 nitrogen and oxygen atoms in total. The van der Waals surface area contributed by atoms with E-state index in [-0.39, 0.29) is 41.9 Å². The van der Waals surface area contributed by atoms with Crippen LogP contribution in [-0.4, -0.2) is 76.5 Å². The summed E-state index contributed by atoms with van der Waals surface area (Å²) in [5.41, 5.74) is 2.48. The van der Waals surface area contributed by atoms with E-state index in [4.69, 9.17) is 11.6 Å². The Kier molecular flexibility index (Phi) is 7.75. The maximum atomic E-state index is 13.0. The maximum absolute atomic E-state index is 13.0. The zero-order valence-electron chi connectivity index (χ0n) is 21.2. The number of likely N-dealkylation sites (N-methyl/N-ethyl adjacent to an activating group) is 1. The van der Waals surface area contributed by atoms with E-state index >= 15 is 0 Å². The Morgan fingerprint density at radius 2 is 1.85 bits per heavy atom. The predicted octanol–water partition coefficient (Wildman–Crippen LogP) is 2.12. The monoisotopic (exact) mass is 549 g/mol. The fourth-order valence-electron chi connectivity index (χ4n) is 4.54. The molecule has 0 saturated carbocycles.